The van der Waals surface area contributed by atoms with Gasteiger partial charge in [0.2, 0.25) is 0 Å². The van der Waals surface area contributed by atoms with Gasteiger partial charge >= 0.3 is 5.97 Å². The van der Waals surface area contributed by atoms with E-state index < -0.39 is 0 Å². The molecule has 0 bridgehead atoms. The van der Waals surface area contributed by atoms with Crippen LogP contribution in [0, 0.1) is 52.8 Å². The van der Waals surface area contributed by atoms with Gasteiger partial charge < -0.3 is 4.74 Å². The molecule has 0 radical (unpaired) electrons. The lowest BCUT2D eigenvalue weighted by atomic mass is 9.45. The summed E-state index contributed by atoms with van der Waals surface area (Å²) in [6, 6.07) is 0. The molecule has 1 heterocycles. The zero-order valence-corrected chi connectivity index (χ0v) is 17.7. The van der Waals surface area contributed by atoms with Crippen LogP contribution in [0.4, 0.5) is 0 Å². The number of carbonyl (C=O) groups excluding carboxylic acids is 2. The number of hydrogen-bond acceptors (Lipinski definition) is 3. The first-order valence-electron chi connectivity index (χ1n) is 12.5. The molecular formula is C26H34O3. The summed E-state index contributed by atoms with van der Waals surface area (Å²) < 4.78 is 6.34. The maximum Gasteiger partial charge on any atom is 0.306 e. The van der Waals surface area contributed by atoms with E-state index in [-0.39, 0.29) is 17.0 Å². The van der Waals surface area contributed by atoms with Crippen LogP contribution in [-0.4, -0.2) is 17.4 Å². The number of esters is 1. The summed E-state index contributed by atoms with van der Waals surface area (Å²) in [4.78, 5) is 24.5. The Hall–Kier alpha value is -1.12. The van der Waals surface area contributed by atoms with Crippen LogP contribution in [0.2, 0.25) is 0 Å². The molecule has 5 saturated carbocycles. The number of fused-ring (bicyclic) bond motifs is 9. The number of ketones is 1. The Kier molecular flexibility index (Phi) is 3.37. The van der Waals surface area contributed by atoms with Crippen molar-refractivity contribution >= 4 is 11.8 Å². The maximum atomic E-state index is 12.3. The molecule has 6 aliphatic carbocycles. The van der Waals surface area contributed by atoms with Gasteiger partial charge in [-0.3, -0.25) is 9.59 Å². The third-order valence-corrected chi connectivity index (χ3v) is 11.1. The Balaban J connectivity index is 1.33. The van der Waals surface area contributed by atoms with Gasteiger partial charge in [-0.1, -0.05) is 12.5 Å². The number of ether oxygens (including phenoxy) is 1. The molecular weight excluding hydrogens is 360 g/mol. The van der Waals surface area contributed by atoms with Crippen LogP contribution in [0.5, 0.6) is 0 Å². The first-order chi connectivity index (χ1) is 14.1. The van der Waals surface area contributed by atoms with E-state index in [9.17, 15) is 9.59 Å². The molecule has 7 aliphatic rings. The van der Waals surface area contributed by atoms with Gasteiger partial charge in [0.1, 0.15) is 5.60 Å². The largest absolute Gasteiger partial charge is 0.458 e. The molecule has 6 fully saturated rings. The van der Waals surface area contributed by atoms with E-state index in [4.69, 9.17) is 4.74 Å². The molecule has 0 N–H and O–H groups in total. The fourth-order valence-electron chi connectivity index (χ4n) is 10.1. The average Bonchev–Trinajstić information content (AvgIpc) is 3.64. The molecule has 29 heavy (non-hydrogen) atoms. The van der Waals surface area contributed by atoms with Crippen LogP contribution < -0.4 is 0 Å². The molecule has 1 saturated heterocycles. The first kappa shape index (κ1) is 17.5. The quantitative estimate of drug-likeness (QED) is 0.613. The second-order valence-electron chi connectivity index (χ2n) is 11.7. The van der Waals surface area contributed by atoms with Crippen LogP contribution >= 0.6 is 0 Å². The normalized spacial score (nSPS) is 54.9. The van der Waals surface area contributed by atoms with E-state index in [0.29, 0.717) is 24.0 Å². The molecule has 9 atom stereocenters. The highest BCUT2D eigenvalue weighted by Crippen LogP contribution is 2.80. The molecule has 8 unspecified atom stereocenters. The lowest BCUT2D eigenvalue weighted by Crippen LogP contribution is -2.58. The van der Waals surface area contributed by atoms with Crippen molar-refractivity contribution in [3.63, 3.8) is 0 Å². The van der Waals surface area contributed by atoms with Crippen molar-refractivity contribution in [1.82, 2.24) is 0 Å². The van der Waals surface area contributed by atoms with Crippen molar-refractivity contribution in [1.29, 1.82) is 0 Å². The lowest BCUT2D eigenvalue weighted by molar-refractivity contribution is -0.183. The topological polar surface area (TPSA) is 43.4 Å². The van der Waals surface area contributed by atoms with Crippen molar-refractivity contribution in [2.24, 2.45) is 52.8 Å². The Bertz CT molecular complexity index is 824. The summed E-state index contributed by atoms with van der Waals surface area (Å²) in [5.41, 5.74) is 1.65. The Labute approximate surface area is 174 Å². The molecule has 0 aromatic heterocycles. The van der Waals surface area contributed by atoms with E-state index in [1.165, 1.54) is 50.5 Å². The fourth-order valence-corrected chi connectivity index (χ4v) is 10.1. The Morgan fingerprint density at radius 1 is 1.03 bits per heavy atom. The molecule has 156 valence electrons. The van der Waals surface area contributed by atoms with Crippen molar-refractivity contribution in [3.05, 3.63) is 11.6 Å². The summed E-state index contributed by atoms with van der Waals surface area (Å²) in [7, 11) is 0. The number of hydrogen-bond donors (Lipinski definition) is 0. The molecule has 1 aliphatic heterocycles. The predicted molar refractivity (Wildman–Crippen MR) is 109 cm³/mol. The van der Waals surface area contributed by atoms with Gasteiger partial charge in [0.25, 0.3) is 0 Å². The highest BCUT2D eigenvalue weighted by atomic mass is 16.6. The van der Waals surface area contributed by atoms with Crippen molar-refractivity contribution < 1.29 is 14.3 Å². The first-order valence-corrected chi connectivity index (χ1v) is 12.5. The predicted octanol–water partition coefficient (Wildman–Crippen LogP) is 5.09. The maximum absolute atomic E-state index is 12.3. The van der Waals surface area contributed by atoms with E-state index in [1.807, 2.05) is 0 Å². The van der Waals surface area contributed by atoms with E-state index >= 15 is 0 Å². The zero-order valence-electron chi connectivity index (χ0n) is 17.7. The zero-order chi connectivity index (χ0) is 19.5. The second-order valence-corrected chi connectivity index (χ2v) is 11.7. The van der Waals surface area contributed by atoms with Crippen LogP contribution in [-0.2, 0) is 14.3 Å². The number of rotatable bonds is 2. The fraction of sp³-hybridized carbons (Fsp3) is 0.846. The minimum atomic E-state index is -0.119. The summed E-state index contributed by atoms with van der Waals surface area (Å²) in [6.07, 6.45) is 14.6. The molecule has 3 heteroatoms. The summed E-state index contributed by atoms with van der Waals surface area (Å²) in [6.45, 7) is 2.39. The Morgan fingerprint density at radius 2 is 1.90 bits per heavy atom. The number of allylic oxidation sites excluding steroid dienone is 1. The van der Waals surface area contributed by atoms with E-state index in [0.717, 1.165) is 54.8 Å². The molecule has 1 spiro atoms. The third kappa shape index (κ3) is 2.06. The van der Waals surface area contributed by atoms with Crippen LogP contribution in [0.25, 0.3) is 0 Å². The Morgan fingerprint density at radius 3 is 2.62 bits per heavy atom. The lowest BCUT2D eigenvalue weighted by Gasteiger charge is -2.60. The van der Waals surface area contributed by atoms with Gasteiger partial charge in [0, 0.05) is 24.2 Å². The van der Waals surface area contributed by atoms with Gasteiger partial charge in [-0.25, -0.2) is 0 Å². The third-order valence-electron chi connectivity index (χ3n) is 11.1. The summed E-state index contributed by atoms with van der Waals surface area (Å²) in [5.74, 6) is 6.65. The SMILES string of the molecule is CCC12CCC3C4CCC(=O)C=C4CC(C4CC4)C3C1C1C[C@H]1C21CCC(=O)O1. The van der Waals surface area contributed by atoms with Gasteiger partial charge in [-0.2, -0.15) is 0 Å². The molecule has 0 aromatic carbocycles. The minimum absolute atomic E-state index is 0.0737. The van der Waals surface area contributed by atoms with Crippen molar-refractivity contribution in [3.8, 4) is 0 Å². The molecule has 3 nitrogen and oxygen atoms in total. The van der Waals surface area contributed by atoms with Crippen LogP contribution in [0.3, 0.4) is 0 Å². The monoisotopic (exact) mass is 394 g/mol. The van der Waals surface area contributed by atoms with Gasteiger partial charge in [0.15, 0.2) is 5.78 Å². The smallest absolute Gasteiger partial charge is 0.306 e. The second kappa shape index (κ2) is 5.56. The molecule has 0 aromatic rings. The standard InChI is InChI=1S/C26H34O3/c1-2-25-9-7-18-17-6-5-16(27)11-15(17)12-19(14-3-4-14)23(18)24(25)20-13-21(20)26(25)10-8-22(28)29-26/h11,14,17-21,23-24H,2-10,12-13H2,1H3/t17?,18?,19?,20?,21-,23?,24?,25?,26?/m1/s1. The van der Waals surface area contributed by atoms with E-state index in [2.05, 4.69) is 13.0 Å². The average molecular weight is 395 g/mol. The van der Waals surface area contributed by atoms with Crippen LogP contribution in [0.15, 0.2) is 11.6 Å². The summed E-state index contributed by atoms with van der Waals surface area (Å²) >= 11 is 0. The van der Waals surface area contributed by atoms with Gasteiger partial charge in [-0.05, 0) is 105 Å². The highest BCUT2D eigenvalue weighted by Gasteiger charge is 2.80. The minimum Gasteiger partial charge on any atom is -0.458 e. The van der Waals surface area contributed by atoms with Gasteiger partial charge in [0.05, 0.1) is 0 Å². The molecule has 7 rings (SSSR count). The highest BCUT2D eigenvalue weighted by molar-refractivity contribution is 5.91. The summed E-state index contributed by atoms with van der Waals surface area (Å²) in [5, 5.41) is 0. The molecule has 0 amide bonds. The van der Waals surface area contributed by atoms with Crippen molar-refractivity contribution in [2.75, 3.05) is 0 Å². The van der Waals surface area contributed by atoms with Crippen LogP contribution in [0.1, 0.15) is 77.6 Å². The van der Waals surface area contributed by atoms with E-state index in [1.54, 1.807) is 0 Å². The number of carbonyl (C=O) groups is 2. The van der Waals surface area contributed by atoms with Crippen molar-refractivity contribution in [2.45, 2.75) is 83.2 Å². The van der Waals surface area contributed by atoms with Gasteiger partial charge in [-0.15, -0.1) is 0 Å².